The number of nitrogens with one attached hydrogen (secondary N) is 2. The lowest BCUT2D eigenvalue weighted by Crippen LogP contribution is -2.30. The molecule has 2 N–H and O–H groups in total. The number of halogens is 2. The number of amides is 1. The molecule has 3 heterocycles. The molecule has 1 atom stereocenters. The van der Waals surface area contributed by atoms with Gasteiger partial charge in [-0.25, -0.2) is 4.98 Å². The molecule has 0 aliphatic carbocycles. The summed E-state index contributed by atoms with van der Waals surface area (Å²) in [6.45, 7) is 2.16. The Balaban J connectivity index is 0.00000140. The van der Waals surface area contributed by atoms with Crippen LogP contribution in [0.5, 0.6) is 0 Å². The third-order valence-electron chi connectivity index (χ3n) is 4.63. The first-order valence-electron chi connectivity index (χ1n) is 8.76. The highest BCUT2D eigenvalue weighted by molar-refractivity contribution is 7.22. The van der Waals surface area contributed by atoms with E-state index < -0.39 is 6.04 Å². The topological polar surface area (TPSA) is 75.1 Å². The number of aryl methyl sites for hydroxylation is 1. The van der Waals surface area contributed by atoms with Crippen LogP contribution < -0.4 is 15.5 Å². The number of likely N-dealkylation sites (N-methyl/N-ethyl adjacent to an activating group) is 1. The summed E-state index contributed by atoms with van der Waals surface area (Å²) in [4.78, 5) is 19.7. The molecule has 0 bridgehead atoms. The van der Waals surface area contributed by atoms with Gasteiger partial charge in [-0.2, -0.15) is 5.10 Å². The first-order valence-corrected chi connectivity index (χ1v) is 9.58. The maximum atomic E-state index is 12.7. The van der Waals surface area contributed by atoms with Crippen LogP contribution in [0.15, 0.2) is 30.6 Å². The molecule has 4 rings (SSSR count). The lowest BCUT2D eigenvalue weighted by molar-refractivity contribution is -0.118. The van der Waals surface area contributed by atoms with Crippen LogP contribution in [0.1, 0.15) is 24.4 Å². The monoisotopic (exact) mass is 442 g/mol. The Morgan fingerprint density at radius 1 is 1.25 bits per heavy atom. The summed E-state index contributed by atoms with van der Waals surface area (Å²) in [7, 11) is 3.61. The normalized spacial score (nSPS) is 14.4. The third-order valence-corrected chi connectivity index (χ3v) is 5.71. The van der Waals surface area contributed by atoms with Gasteiger partial charge in [0.2, 0.25) is 5.91 Å². The van der Waals surface area contributed by atoms with E-state index >= 15 is 0 Å². The summed E-state index contributed by atoms with van der Waals surface area (Å²) in [6.07, 6.45) is 6.01. The van der Waals surface area contributed by atoms with E-state index in [0.29, 0.717) is 0 Å². The molecule has 152 valence electrons. The largest absolute Gasteiger partial charge is 0.348 e. The van der Waals surface area contributed by atoms with Crippen LogP contribution in [0.25, 0.3) is 10.2 Å². The van der Waals surface area contributed by atoms with Gasteiger partial charge in [-0.15, -0.1) is 24.8 Å². The van der Waals surface area contributed by atoms with Gasteiger partial charge in [0.05, 0.1) is 16.4 Å². The van der Waals surface area contributed by atoms with Crippen LogP contribution >= 0.6 is 36.2 Å². The minimum atomic E-state index is -0.444. The van der Waals surface area contributed by atoms with Crippen LogP contribution in [0.2, 0.25) is 0 Å². The highest BCUT2D eigenvalue weighted by Gasteiger charge is 2.21. The molecule has 1 saturated heterocycles. The van der Waals surface area contributed by atoms with Crippen LogP contribution in [0.3, 0.4) is 0 Å². The van der Waals surface area contributed by atoms with Gasteiger partial charge in [0, 0.05) is 37.6 Å². The Bertz CT molecular complexity index is 937. The van der Waals surface area contributed by atoms with Gasteiger partial charge >= 0.3 is 0 Å². The van der Waals surface area contributed by atoms with Crippen molar-refractivity contribution in [1.29, 1.82) is 0 Å². The van der Waals surface area contributed by atoms with Crippen LogP contribution in [0.4, 0.5) is 10.8 Å². The standard InChI is InChI=1S/C18H22N6OS.2ClH/c1-19-16(12-10-20-23(2)11-12)17(25)21-13-5-6-14-15(9-13)26-18(22-14)24-7-3-4-8-24;;/h5-6,9-11,16,19H,3-4,7-8H2,1-2H3,(H,21,25);2*1H. The molecule has 0 saturated carbocycles. The third kappa shape index (κ3) is 4.57. The Morgan fingerprint density at radius 3 is 2.64 bits per heavy atom. The van der Waals surface area contributed by atoms with Gasteiger partial charge in [-0.05, 0) is 38.1 Å². The van der Waals surface area contributed by atoms with Gasteiger partial charge < -0.3 is 15.5 Å². The zero-order valence-corrected chi connectivity index (χ0v) is 18.2. The van der Waals surface area contributed by atoms with Crippen molar-refractivity contribution in [3.63, 3.8) is 0 Å². The number of anilines is 2. The predicted octanol–water partition coefficient (Wildman–Crippen LogP) is 3.37. The fourth-order valence-electron chi connectivity index (χ4n) is 3.29. The molecule has 28 heavy (non-hydrogen) atoms. The molecule has 1 fully saturated rings. The highest BCUT2D eigenvalue weighted by Crippen LogP contribution is 2.32. The predicted molar refractivity (Wildman–Crippen MR) is 119 cm³/mol. The molecule has 1 aliphatic rings. The maximum Gasteiger partial charge on any atom is 0.246 e. The van der Waals surface area contributed by atoms with Crippen LogP contribution in [-0.2, 0) is 11.8 Å². The molecular formula is C18H24Cl2N6OS. The van der Waals surface area contributed by atoms with Crippen molar-refractivity contribution in [2.24, 2.45) is 7.05 Å². The van der Waals surface area contributed by atoms with Crippen molar-refractivity contribution in [2.75, 3.05) is 30.4 Å². The summed E-state index contributed by atoms with van der Waals surface area (Å²) in [5.41, 5.74) is 2.60. The van der Waals surface area contributed by atoms with Crippen molar-refractivity contribution in [2.45, 2.75) is 18.9 Å². The van der Waals surface area contributed by atoms with Gasteiger partial charge in [-0.1, -0.05) is 11.3 Å². The second-order valence-corrected chi connectivity index (χ2v) is 7.54. The number of benzene rings is 1. The summed E-state index contributed by atoms with van der Waals surface area (Å²) < 4.78 is 2.78. The molecule has 1 unspecified atom stereocenters. The number of nitrogens with zero attached hydrogens (tertiary/aromatic N) is 4. The number of carbonyl (C=O) groups excluding carboxylic acids is 1. The first-order chi connectivity index (χ1) is 12.6. The van der Waals surface area contributed by atoms with Crippen LogP contribution in [-0.4, -0.2) is 40.8 Å². The van der Waals surface area contributed by atoms with Gasteiger partial charge in [0.15, 0.2) is 5.13 Å². The Morgan fingerprint density at radius 2 is 2.00 bits per heavy atom. The van der Waals surface area contributed by atoms with E-state index in [-0.39, 0.29) is 30.7 Å². The summed E-state index contributed by atoms with van der Waals surface area (Å²) in [5.74, 6) is -0.107. The number of hydrogen-bond acceptors (Lipinski definition) is 6. The van der Waals surface area contributed by atoms with Crippen molar-refractivity contribution >= 4 is 63.1 Å². The van der Waals surface area contributed by atoms with E-state index in [1.54, 1.807) is 29.3 Å². The highest BCUT2D eigenvalue weighted by atomic mass is 35.5. The van der Waals surface area contributed by atoms with E-state index in [1.165, 1.54) is 12.8 Å². The number of thiazole rings is 1. The molecule has 3 aromatic rings. The number of carbonyl (C=O) groups is 1. The Kier molecular flexibility index (Phi) is 7.65. The maximum absolute atomic E-state index is 12.7. The van der Waals surface area contributed by atoms with E-state index in [1.807, 2.05) is 31.4 Å². The summed E-state index contributed by atoms with van der Waals surface area (Å²) >= 11 is 1.68. The van der Waals surface area contributed by atoms with Crippen molar-refractivity contribution in [1.82, 2.24) is 20.1 Å². The molecule has 1 aromatic carbocycles. The quantitative estimate of drug-likeness (QED) is 0.633. The number of aromatic nitrogens is 3. The van der Waals surface area contributed by atoms with E-state index in [0.717, 1.165) is 39.7 Å². The minimum absolute atomic E-state index is 0. The average Bonchev–Trinajstić information content (AvgIpc) is 3.35. The molecule has 2 aromatic heterocycles. The van der Waals surface area contributed by atoms with Gasteiger partial charge in [0.1, 0.15) is 6.04 Å². The van der Waals surface area contributed by atoms with Crippen molar-refractivity contribution < 1.29 is 4.79 Å². The average molecular weight is 443 g/mol. The minimum Gasteiger partial charge on any atom is -0.348 e. The molecule has 0 radical (unpaired) electrons. The summed E-state index contributed by atoms with van der Waals surface area (Å²) in [6, 6.07) is 5.44. The molecule has 7 nitrogen and oxygen atoms in total. The van der Waals surface area contributed by atoms with Gasteiger partial charge in [0.25, 0.3) is 0 Å². The number of hydrogen-bond donors (Lipinski definition) is 2. The zero-order valence-electron chi connectivity index (χ0n) is 15.7. The smallest absolute Gasteiger partial charge is 0.246 e. The lowest BCUT2D eigenvalue weighted by atomic mass is 10.1. The molecule has 1 amide bonds. The second-order valence-electron chi connectivity index (χ2n) is 6.53. The molecule has 1 aliphatic heterocycles. The van der Waals surface area contributed by atoms with Crippen LogP contribution in [0, 0.1) is 0 Å². The summed E-state index contributed by atoms with van der Waals surface area (Å²) in [5, 5.41) is 11.3. The van der Waals surface area contributed by atoms with Gasteiger partial charge in [-0.3, -0.25) is 9.48 Å². The molecule has 10 heteroatoms. The van der Waals surface area contributed by atoms with Crippen molar-refractivity contribution in [3.8, 4) is 0 Å². The van der Waals surface area contributed by atoms with E-state index in [2.05, 4.69) is 20.6 Å². The fourth-order valence-corrected chi connectivity index (χ4v) is 4.34. The molecular weight excluding hydrogens is 419 g/mol. The lowest BCUT2D eigenvalue weighted by Gasteiger charge is -2.14. The Labute approximate surface area is 180 Å². The Hall–Kier alpha value is -1.87. The first kappa shape index (κ1) is 22.4. The zero-order chi connectivity index (χ0) is 18.1. The van der Waals surface area contributed by atoms with Crippen molar-refractivity contribution in [3.05, 3.63) is 36.2 Å². The van der Waals surface area contributed by atoms with E-state index in [9.17, 15) is 4.79 Å². The SMILES string of the molecule is CNC(C(=O)Nc1ccc2nc(N3CCCC3)sc2c1)c1cnn(C)c1.Cl.Cl. The second kappa shape index (κ2) is 9.56. The number of rotatable bonds is 5. The fraction of sp³-hybridized carbons (Fsp3) is 0.389. The molecule has 0 spiro atoms. The van der Waals surface area contributed by atoms with E-state index in [4.69, 9.17) is 4.98 Å². The number of fused-ring (bicyclic) bond motifs is 1.